The second kappa shape index (κ2) is 3.81. The van der Waals surface area contributed by atoms with Crippen molar-refractivity contribution in [1.82, 2.24) is 0 Å². The van der Waals surface area contributed by atoms with E-state index in [1.807, 2.05) is 13.8 Å². The normalized spacial score (nSPS) is 30.1. The largest absolute Gasteiger partial charge is 0.390 e. The van der Waals surface area contributed by atoms with Crippen LogP contribution in [0.3, 0.4) is 0 Å². The molecule has 0 amide bonds. The van der Waals surface area contributed by atoms with Crippen molar-refractivity contribution in [2.24, 2.45) is 5.92 Å². The van der Waals surface area contributed by atoms with E-state index in [1.54, 1.807) is 7.11 Å². The minimum absolute atomic E-state index is 0.199. The monoisotopic (exact) mass is 184 g/mol. The second-order valence-corrected chi connectivity index (χ2v) is 4.49. The molecule has 0 fully saturated rings. The van der Waals surface area contributed by atoms with Gasteiger partial charge in [0.2, 0.25) is 0 Å². The molecule has 2 nitrogen and oxygen atoms in total. The molecular weight excluding hydrogens is 164 g/mol. The van der Waals surface area contributed by atoms with E-state index < -0.39 is 5.60 Å². The summed E-state index contributed by atoms with van der Waals surface area (Å²) in [4.78, 5) is 0. The molecule has 0 saturated heterocycles. The second-order valence-electron chi connectivity index (χ2n) is 4.49. The Kier molecular flexibility index (Phi) is 3.14. The maximum atomic E-state index is 9.86. The van der Waals surface area contributed by atoms with Crippen LogP contribution in [0.2, 0.25) is 0 Å². The highest BCUT2D eigenvalue weighted by Gasteiger charge is 2.31. The van der Waals surface area contributed by atoms with Crippen LogP contribution in [0.15, 0.2) is 11.6 Å². The first-order chi connectivity index (χ1) is 5.95. The number of ether oxygens (including phenoxy) is 1. The zero-order valence-corrected chi connectivity index (χ0v) is 9.00. The quantitative estimate of drug-likeness (QED) is 0.666. The van der Waals surface area contributed by atoms with Gasteiger partial charge in [-0.2, -0.15) is 0 Å². The molecule has 0 saturated carbocycles. The highest BCUT2D eigenvalue weighted by Crippen LogP contribution is 2.32. The third-order valence-electron chi connectivity index (χ3n) is 3.01. The molecule has 1 N–H and O–H groups in total. The maximum Gasteiger partial charge on any atom is 0.0782 e. The molecule has 0 heterocycles. The van der Waals surface area contributed by atoms with Crippen LogP contribution in [0, 0.1) is 5.92 Å². The summed E-state index contributed by atoms with van der Waals surface area (Å²) in [7, 11) is 1.73. The number of rotatable bonds is 2. The first-order valence-electron chi connectivity index (χ1n) is 4.87. The lowest BCUT2D eigenvalue weighted by Gasteiger charge is -2.35. The van der Waals surface area contributed by atoms with Crippen molar-refractivity contribution < 1.29 is 9.84 Å². The first-order valence-corrected chi connectivity index (χ1v) is 4.87. The van der Waals surface area contributed by atoms with E-state index in [1.165, 1.54) is 5.57 Å². The highest BCUT2D eigenvalue weighted by atomic mass is 16.5. The fourth-order valence-corrected chi connectivity index (χ4v) is 1.86. The predicted molar refractivity (Wildman–Crippen MR) is 53.6 cm³/mol. The Labute approximate surface area is 80.6 Å². The molecule has 0 aliphatic heterocycles. The summed E-state index contributed by atoms with van der Waals surface area (Å²) < 4.78 is 5.35. The highest BCUT2D eigenvalue weighted by molar-refractivity contribution is 5.11. The lowest BCUT2D eigenvalue weighted by Crippen LogP contribution is -2.36. The number of aliphatic hydroxyl groups is 1. The van der Waals surface area contributed by atoms with Gasteiger partial charge in [-0.15, -0.1) is 0 Å². The molecular formula is C11H20O2. The van der Waals surface area contributed by atoms with Crippen LogP contribution in [0.5, 0.6) is 0 Å². The zero-order valence-electron chi connectivity index (χ0n) is 9.00. The zero-order chi connectivity index (χ0) is 10.1. The Morgan fingerprint density at radius 1 is 1.54 bits per heavy atom. The van der Waals surface area contributed by atoms with Crippen LogP contribution in [0.25, 0.3) is 0 Å². The van der Waals surface area contributed by atoms with Gasteiger partial charge in [0, 0.05) is 7.11 Å². The fraction of sp³-hybridized carbons (Fsp3) is 0.818. The Hall–Kier alpha value is -0.340. The van der Waals surface area contributed by atoms with Crippen molar-refractivity contribution in [2.75, 3.05) is 7.11 Å². The molecule has 13 heavy (non-hydrogen) atoms. The van der Waals surface area contributed by atoms with E-state index in [4.69, 9.17) is 4.74 Å². The number of hydrogen-bond donors (Lipinski definition) is 1. The molecule has 1 aliphatic rings. The van der Waals surface area contributed by atoms with Gasteiger partial charge in [0.25, 0.3) is 0 Å². The molecule has 0 aromatic heterocycles. The van der Waals surface area contributed by atoms with E-state index in [-0.39, 0.29) is 6.10 Å². The van der Waals surface area contributed by atoms with E-state index >= 15 is 0 Å². The third-order valence-corrected chi connectivity index (χ3v) is 3.01. The van der Waals surface area contributed by atoms with Gasteiger partial charge < -0.3 is 9.84 Å². The molecule has 0 spiro atoms. The van der Waals surface area contributed by atoms with E-state index in [0.29, 0.717) is 5.92 Å². The molecule has 0 bridgehead atoms. The van der Waals surface area contributed by atoms with Crippen LogP contribution >= 0.6 is 0 Å². The topological polar surface area (TPSA) is 29.5 Å². The van der Waals surface area contributed by atoms with Crippen molar-refractivity contribution in [1.29, 1.82) is 0 Å². The summed E-state index contributed by atoms with van der Waals surface area (Å²) in [6, 6.07) is 0. The molecule has 1 rings (SSSR count). The van der Waals surface area contributed by atoms with Gasteiger partial charge in [-0.3, -0.25) is 0 Å². The predicted octanol–water partition coefficient (Wildman–Crippen LogP) is 2.13. The van der Waals surface area contributed by atoms with Gasteiger partial charge in [0.05, 0.1) is 11.7 Å². The van der Waals surface area contributed by atoms with Crippen LogP contribution in [0.1, 0.15) is 33.6 Å². The number of hydrogen-bond acceptors (Lipinski definition) is 2. The summed E-state index contributed by atoms with van der Waals surface area (Å²) in [6.45, 7) is 5.84. The molecule has 0 aromatic carbocycles. The van der Waals surface area contributed by atoms with Crippen LogP contribution in [-0.2, 0) is 4.74 Å². The minimum atomic E-state index is -0.589. The van der Waals surface area contributed by atoms with E-state index in [2.05, 4.69) is 13.0 Å². The summed E-state index contributed by atoms with van der Waals surface area (Å²) in [5.74, 6) is 0.321. The maximum absolute atomic E-state index is 9.86. The number of allylic oxidation sites excluding steroid dienone is 1. The molecule has 1 unspecified atom stereocenters. The third kappa shape index (κ3) is 2.55. The van der Waals surface area contributed by atoms with Gasteiger partial charge in [-0.25, -0.2) is 0 Å². The Morgan fingerprint density at radius 3 is 2.62 bits per heavy atom. The smallest absolute Gasteiger partial charge is 0.0782 e. The average Bonchev–Trinajstić information content (AvgIpc) is 2.03. The van der Waals surface area contributed by atoms with Crippen molar-refractivity contribution >= 4 is 0 Å². The van der Waals surface area contributed by atoms with Crippen LogP contribution in [0.4, 0.5) is 0 Å². The average molecular weight is 184 g/mol. The summed E-state index contributed by atoms with van der Waals surface area (Å²) in [6.07, 6.45) is 4.28. The molecule has 0 aromatic rings. The molecule has 1 aliphatic carbocycles. The van der Waals surface area contributed by atoms with Crippen LogP contribution < -0.4 is 0 Å². The summed E-state index contributed by atoms with van der Waals surface area (Å²) in [5, 5.41) is 9.86. The molecule has 2 heteroatoms. The van der Waals surface area contributed by atoms with Crippen molar-refractivity contribution in [3.63, 3.8) is 0 Å². The molecule has 76 valence electrons. The lowest BCUT2D eigenvalue weighted by atomic mass is 9.78. The van der Waals surface area contributed by atoms with Crippen molar-refractivity contribution in [3.05, 3.63) is 11.6 Å². The Morgan fingerprint density at radius 2 is 2.15 bits per heavy atom. The van der Waals surface area contributed by atoms with Gasteiger partial charge in [0.1, 0.15) is 0 Å². The Bertz CT molecular complexity index is 201. The van der Waals surface area contributed by atoms with Gasteiger partial charge in [0.15, 0.2) is 0 Å². The summed E-state index contributed by atoms with van der Waals surface area (Å²) >= 11 is 0. The van der Waals surface area contributed by atoms with Gasteiger partial charge >= 0.3 is 0 Å². The van der Waals surface area contributed by atoms with Crippen LogP contribution in [-0.4, -0.2) is 23.9 Å². The molecule has 0 radical (unpaired) electrons. The van der Waals surface area contributed by atoms with E-state index in [0.717, 1.165) is 12.8 Å². The molecule has 2 atom stereocenters. The SMILES string of the molecule is CO[C@H]1CC(C(C)(C)O)CC=C1C. The summed E-state index contributed by atoms with van der Waals surface area (Å²) in [5.41, 5.74) is 0.705. The Balaban J connectivity index is 2.68. The van der Waals surface area contributed by atoms with Crippen molar-refractivity contribution in [2.45, 2.75) is 45.3 Å². The fourth-order valence-electron chi connectivity index (χ4n) is 1.86. The first kappa shape index (κ1) is 10.7. The minimum Gasteiger partial charge on any atom is -0.390 e. The van der Waals surface area contributed by atoms with Crippen molar-refractivity contribution in [3.8, 4) is 0 Å². The van der Waals surface area contributed by atoms with E-state index in [9.17, 15) is 5.11 Å². The number of methoxy groups -OCH3 is 1. The van der Waals surface area contributed by atoms with Gasteiger partial charge in [-0.05, 0) is 45.1 Å². The standard InChI is InChI=1S/C11H20O2/c1-8-5-6-9(11(2,3)12)7-10(8)13-4/h5,9-10,12H,6-7H2,1-4H3/t9?,10-/m0/s1. The lowest BCUT2D eigenvalue weighted by molar-refractivity contribution is -0.0130. The van der Waals surface area contributed by atoms with Gasteiger partial charge in [-0.1, -0.05) is 6.08 Å².